The van der Waals surface area contributed by atoms with Gasteiger partial charge in [-0.1, -0.05) is 35.3 Å². The van der Waals surface area contributed by atoms with Gasteiger partial charge in [0.25, 0.3) is 5.91 Å². The zero-order valence-corrected chi connectivity index (χ0v) is 20.1. The lowest BCUT2D eigenvalue weighted by Crippen LogP contribution is -2.69. The van der Waals surface area contributed by atoms with E-state index in [2.05, 4.69) is 10.6 Å². The van der Waals surface area contributed by atoms with Gasteiger partial charge in [-0.05, 0) is 62.9 Å². The van der Waals surface area contributed by atoms with Crippen molar-refractivity contribution in [3.63, 3.8) is 0 Å². The van der Waals surface area contributed by atoms with Crippen molar-refractivity contribution < 1.29 is 23.5 Å². The van der Waals surface area contributed by atoms with Crippen molar-refractivity contribution in [3.05, 3.63) is 63.9 Å². The van der Waals surface area contributed by atoms with Crippen LogP contribution in [0.4, 0.5) is 4.39 Å². The Labute approximate surface area is 202 Å². The van der Waals surface area contributed by atoms with Crippen LogP contribution in [0.3, 0.4) is 0 Å². The molecule has 2 aromatic carbocycles. The average molecular weight is 497 g/mol. The molecule has 6 nitrogen and oxygen atoms in total. The number of nitrogens with one attached hydrogen (secondary N) is 2. The first-order valence-electron chi connectivity index (χ1n) is 10.6. The summed E-state index contributed by atoms with van der Waals surface area (Å²) in [5.41, 5.74) is 0.185. The van der Waals surface area contributed by atoms with Gasteiger partial charge in [0, 0.05) is 22.2 Å². The summed E-state index contributed by atoms with van der Waals surface area (Å²) in [7, 11) is 0. The number of carbonyl (C=O) groups excluding carboxylic acids is 2. The van der Waals surface area contributed by atoms with Crippen LogP contribution in [0.5, 0.6) is 5.75 Å². The zero-order valence-electron chi connectivity index (χ0n) is 18.6. The molecular formula is C24H27Cl2FN2O4. The molecule has 3 rings (SSSR count). The van der Waals surface area contributed by atoms with E-state index in [-0.39, 0.29) is 35.8 Å². The number of hydrogen-bond donors (Lipinski definition) is 2. The Kier molecular flexibility index (Phi) is 8.21. The van der Waals surface area contributed by atoms with Crippen LogP contribution < -0.4 is 15.4 Å². The number of ether oxygens (including phenoxy) is 2. The summed E-state index contributed by atoms with van der Waals surface area (Å²) in [5, 5.41) is 6.56. The fourth-order valence-corrected chi connectivity index (χ4v) is 4.56. The summed E-state index contributed by atoms with van der Waals surface area (Å²) >= 11 is 11.5. The van der Waals surface area contributed by atoms with E-state index in [1.54, 1.807) is 0 Å². The molecule has 1 saturated carbocycles. The lowest BCUT2D eigenvalue weighted by molar-refractivity contribution is -0.131. The Bertz CT molecular complexity index is 994. The Hall–Kier alpha value is -2.35. The van der Waals surface area contributed by atoms with Gasteiger partial charge in [0.1, 0.15) is 18.2 Å². The van der Waals surface area contributed by atoms with E-state index in [4.69, 9.17) is 32.7 Å². The van der Waals surface area contributed by atoms with E-state index >= 15 is 0 Å². The van der Waals surface area contributed by atoms with Crippen LogP contribution >= 0.6 is 23.2 Å². The van der Waals surface area contributed by atoms with E-state index in [1.165, 1.54) is 12.1 Å². The average Bonchev–Trinajstić information content (AvgIpc) is 2.72. The molecule has 0 aromatic heterocycles. The van der Waals surface area contributed by atoms with E-state index in [9.17, 15) is 14.0 Å². The number of benzene rings is 2. The highest BCUT2D eigenvalue weighted by molar-refractivity contribution is 6.30. The maximum atomic E-state index is 13.5. The lowest BCUT2D eigenvalue weighted by Gasteiger charge is -2.53. The Morgan fingerprint density at radius 2 is 1.58 bits per heavy atom. The molecule has 2 N–H and O–H groups in total. The lowest BCUT2D eigenvalue weighted by atomic mass is 9.64. The number of carbonyl (C=O) groups is 2. The minimum absolute atomic E-state index is 0.0120. The first-order valence-corrected chi connectivity index (χ1v) is 11.3. The molecule has 1 aliphatic rings. The molecule has 2 amide bonds. The van der Waals surface area contributed by atoms with Crippen LogP contribution in [0.15, 0.2) is 42.5 Å². The highest BCUT2D eigenvalue weighted by Gasteiger charge is 2.50. The third-order valence-electron chi connectivity index (χ3n) is 5.39. The van der Waals surface area contributed by atoms with E-state index < -0.39 is 16.9 Å². The quantitative estimate of drug-likeness (QED) is 0.480. The number of amides is 2. The maximum Gasteiger partial charge on any atom is 0.258 e. The molecule has 0 aliphatic heterocycles. The molecule has 178 valence electrons. The molecule has 1 aliphatic carbocycles. The first-order chi connectivity index (χ1) is 15.6. The number of rotatable bonds is 10. The summed E-state index contributed by atoms with van der Waals surface area (Å²) < 4.78 is 24.3. The Morgan fingerprint density at radius 3 is 2.18 bits per heavy atom. The molecule has 0 spiro atoms. The fraction of sp³-hybridized carbons (Fsp3) is 0.417. The smallest absolute Gasteiger partial charge is 0.258 e. The van der Waals surface area contributed by atoms with Gasteiger partial charge in [0.05, 0.1) is 11.6 Å². The van der Waals surface area contributed by atoms with Crippen LogP contribution in [0.2, 0.25) is 10.0 Å². The molecule has 0 atom stereocenters. The third kappa shape index (κ3) is 7.59. The van der Waals surface area contributed by atoms with E-state index in [0.29, 0.717) is 30.9 Å². The molecule has 33 heavy (non-hydrogen) atoms. The predicted octanol–water partition coefficient (Wildman–Crippen LogP) is 4.31. The van der Waals surface area contributed by atoms with Crippen LogP contribution in [0, 0.1) is 5.82 Å². The summed E-state index contributed by atoms with van der Waals surface area (Å²) in [5.74, 6) is -0.915. The summed E-state index contributed by atoms with van der Waals surface area (Å²) in [6.07, 6.45) is 1.83. The first kappa shape index (κ1) is 25.3. The third-order valence-corrected chi connectivity index (χ3v) is 5.94. The van der Waals surface area contributed by atoms with Crippen molar-refractivity contribution in [1.82, 2.24) is 10.6 Å². The number of halogens is 3. The van der Waals surface area contributed by atoms with Crippen LogP contribution in [-0.2, 0) is 20.7 Å². The highest BCUT2D eigenvalue weighted by atomic mass is 35.5. The topological polar surface area (TPSA) is 76.7 Å². The predicted molar refractivity (Wildman–Crippen MR) is 125 cm³/mol. The molecule has 2 aromatic rings. The second kappa shape index (κ2) is 10.7. The minimum atomic E-state index is -0.610. The van der Waals surface area contributed by atoms with Crippen LogP contribution in [0.25, 0.3) is 0 Å². The van der Waals surface area contributed by atoms with Gasteiger partial charge in [-0.3, -0.25) is 9.59 Å². The molecule has 9 heteroatoms. The Balaban J connectivity index is 1.34. The monoisotopic (exact) mass is 496 g/mol. The molecule has 0 saturated heterocycles. The Morgan fingerprint density at radius 1 is 0.970 bits per heavy atom. The standard InChI is InChI=1S/C24H27Cl2FN2O4/c1-23(28-21(30)12-32-10-9-16-3-5-17(25)6-4-16)14-24(2,15-23)29-22(31)13-33-18-7-8-19(26)20(27)11-18/h3-8,11H,9-10,12-15H2,1-2H3,(H,28,30)(H,29,31). The van der Waals surface area contributed by atoms with E-state index in [1.807, 2.05) is 38.1 Å². The van der Waals surface area contributed by atoms with Gasteiger partial charge in [-0.15, -0.1) is 0 Å². The summed E-state index contributed by atoms with van der Waals surface area (Å²) in [6.45, 7) is 3.99. The van der Waals surface area contributed by atoms with Crippen molar-refractivity contribution in [1.29, 1.82) is 0 Å². The van der Waals surface area contributed by atoms with Gasteiger partial charge >= 0.3 is 0 Å². The molecule has 0 bridgehead atoms. The fourth-order valence-electron chi connectivity index (χ4n) is 4.31. The molecule has 0 heterocycles. The normalized spacial score (nSPS) is 21.7. The van der Waals surface area contributed by atoms with Crippen LogP contribution in [-0.4, -0.2) is 42.7 Å². The van der Waals surface area contributed by atoms with E-state index in [0.717, 1.165) is 11.6 Å². The molecule has 1 fully saturated rings. The van der Waals surface area contributed by atoms with Crippen molar-refractivity contribution in [2.75, 3.05) is 19.8 Å². The van der Waals surface area contributed by atoms with Crippen molar-refractivity contribution in [3.8, 4) is 5.75 Å². The minimum Gasteiger partial charge on any atom is -0.484 e. The van der Waals surface area contributed by atoms with Gasteiger partial charge in [-0.25, -0.2) is 4.39 Å². The second-order valence-electron chi connectivity index (χ2n) is 8.86. The highest BCUT2D eigenvalue weighted by Crippen LogP contribution is 2.40. The van der Waals surface area contributed by atoms with Crippen molar-refractivity contribution in [2.45, 2.75) is 44.2 Å². The summed E-state index contributed by atoms with van der Waals surface area (Å²) in [6, 6.07) is 11.5. The molecule has 0 radical (unpaired) electrons. The van der Waals surface area contributed by atoms with Crippen LogP contribution in [0.1, 0.15) is 32.3 Å². The zero-order chi connectivity index (χ0) is 24.1. The van der Waals surface area contributed by atoms with Gasteiger partial charge in [0.2, 0.25) is 5.91 Å². The van der Waals surface area contributed by atoms with Crippen molar-refractivity contribution >= 4 is 35.0 Å². The van der Waals surface area contributed by atoms with Gasteiger partial charge < -0.3 is 20.1 Å². The molecule has 0 unspecified atom stereocenters. The number of hydrogen-bond acceptors (Lipinski definition) is 4. The van der Waals surface area contributed by atoms with Gasteiger partial charge in [0.15, 0.2) is 6.61 Å². The largest absolute Gasteiger partial charge is 0.484 e. The van der Waals surface area contributed by atoms with Gasteiger partial charge in [-0.2, -0.15) is 0 Å². The summed E-state index contributed by atoms with van der Waals surface area (Å²) in [4.78, 5) is 24.5. The SMILES string of the molecule is CC1(NC(=O)COCCc2ccc(Cl)cc2)CC(C)(NC(=O)COc2ccc(Cl)c(F)c2)C1. The molecular weight excluding hydrogens is 470 g/mol. The maximum absolute atomic E-state index is 13.5. The van der Waals surface area contributed by atoms with Crippen molar-refractivity contribution in [2.24, 2.45) is 0 Å². The second-order valence-corrected chi connectivity index (χ2v) is 9.71.